The predicted octanol–water partition coefficient (Wildman–Crippen LogP) is 3.50. The Hall–Kier alpha value is -3.52. The fraction of sp³-hybridized carbons (Fsp3) is 0.448. The lowest BCUT2D eigenvalue weighted by molar-refractivity contribution is -0.132. The van der Waals surface area contributed by atoms with Crippen LogP contribution < -0.4 is 5.56 Å². The minimum Gasteiger partial charge on any atom is -0.343 e. The Morgan fingerprint density at radius 2 is 1.59 bits per heavy atom. The fourth-order valence-electron chi connectivity index (χ4n) is 6.03. The molecule has 1 amide bonds. The Bertz CT molecular complexity index is 1450. The van der Waals surface area contributed by atoms with Gasteiger partial charge in [-0.15, -0.1) is 10.2 Å². The van der Waals surface area contributed by atoms with E-state index in [1.165, 1.54) is 32.4 Å². The number of aromatic nitrogens is 4. The first-order valence-electron chi connectivity index (χ1n) is 13.6. The first-order valence-corrected chi connectivity index (χ1v) is 13.6. The number of para-hydroxylation sites is 1. The summed E-state index contributed by atoms with van der Waals surface area (Å²) in [4.78, 5) is 31.2. The van der Waals surface area contributed by atoms with Gasteiger partial charge in [0, 0.05) is 32.0 Å². The molecule has 4 heterocycles. The number of amides is 1. The third-order valence-electron chi connectivity index (χ3n) is 8.05. The number of hydrogen-bond donors (Lipinski definition) is 0. The lowest BCUT2D eigenvalue weighted by atomic mass is 9.99. The molecule has 2 saturated heterocycles. The highest BCUT2D eigenvalue weighted by Gasteiger charge is 2.28. The molecule has 0 spiro atoms. The smallest absolute Gasteiger partial charge is 0.263 e. The van der Waals surface area contributed by atoms with E-state index in [4.69, 9.17) is 0 Å². The minimum absolute atomic E-state index is 0.0847. The van der Waals surface area contributed by atoms with Gasteiger partial charge in [0.05, 0.1) is 17.4 Å². The highest BCUT2D eigenvalue weighted by atomic mass is 16.2. The van der Waals surface area contributed by atoms with Crippen molar-refractivity contribution in [2.45, 2.75) is 57.5 Å². The Kier molecular flexibility index (Phi) is 6.74. The quantitative estimate of drug-likeness (QED) is 0.407. The van der Waals surface area contributed by atoms with Gasteiger partial charge in [-0.05, 0) is 56.5 Å². The minimum atomic E-state index is -0.0847. The third-order valence-corrected chi connectivity index (χ3v) is 8.05. The molecular weight excluding hydrogens is 464 g/mol. The van der Waals surface area contributed by atoms with Crippen LogP contribution >= 0.6 is 0 Å². The standard InChI is InChI=1S/C29H34N6O2/c36-27(33-19-15-23(16-20-33)32-17-7-2-8-18-32)14-13-26-30-31-29-34(21-22-9-3-1-4-10-22)28(37)24-11-5-6-12-25(24)35(26)29/h1,3-6,9-12,23H,2,7-8,13-21H2. The van der Waals surface area contributed by atoms with Crippen molar-refractivity contribution in [3.05, 3.63) is 76.3 Å². The van der Waals surface area contributed by atoms with Crippen molar-refractivity contribution in [3.8, 4) is 0 Å². The van der Waals surface area contributed by atoms with E-state index in [0.717, 1.165) is 37.0 Å². The average Bonchev–Trinajstić information content (AvgIpc) is 3.39. The maximum atomic E-state index is 13.4. The summed E-state index contributed by atoms with van der Waals surface area (Å²) in [6, 6.07) is 18.1. The van der Waals surface area contributed by atoms with E-state index >= 15 is 0 Å². The first-order chi connectivity index (χ1) is 18.2. The zero-order valence-corrected chi connectivity index (χ0v) is 21.3. The van der Waals surface area contributed by atoms with Crippen molar-refractivity contribution in [1.29, 1.82) is 0 Å². The number of rotatable bonds is 6. The second-order valence-electron chi connectivity index (χ2n) is 10.4. The van der Waals surface area contributed by atoms with E-state index in [-0.39, 0.29) is 11.5 Å². The Balaban J connectivity index is 1.21. The molecule has 0 atom stereocenters. The molecule has 192 valence electrons. The number of carbonyl (C=O) groups is 1. The maximum Gasteiger partial charge on any atom is 0.263 e. The summed E-state index contributed by atoms with van der Waals surface area (Å²) in [5, 5.41) is 9.50. The Labute approximate surface area is 216 Å². The zero-order chi connectivity index (χ0) is 25.2. The molecule has 0 bridgehead atoms. The Morgan fingerprint density at radius 3 is 2.38 bits per heavy atom. The van der Waals surface area contributed by atoms with Crippen LogP contribution in [-0.2, 0) is 17.8 Å². The van der Waals surface area contributed by atoms with Gasteiger partial charge >= 0.3 is 0 Å². The normalized spacial score (nSPS) is 17.6. The summed E-state index contributed by atoms with van der Waals surface area (Å²) in [7, 11) is 0. The number of nitrogens with zero attached hydrogens (tertiary/aromatic N) is 6. The summed E-state index contributed by atoms with van der Waals surface area (Å²) in [6.07, 6.45) is 6.97. The SMILES string of the molecule is O=C(CCc1nnc2n(Cc3ccccc3)c(=O)c3ccccc3n12)N1CCC(N2CCCCC2)CC1. The molecule has 6 rings (SSSR count). The topological polar surface area (TPSA) is 75.7 Å². The molecule has 2 aromatic heterocycles. The van der Waals surface area contributed by atoms with E-state index in [1.54, 1.807) is 4.57 Å². The van der Waals surface area contributed by atoms with E-state index in [1.807, 2.05) is 63.9 Å². The van der Waals surface area contributed by atoms with Gasteiger partial charge in [-0.3, -0.25) is 18.6 Å². The lowest BCUT2D eigenvalue weighted by Crippen LogP contribution is -2.48. The van der Waals surface area contributed by atoms with Crippen LogP contribution in [0, 0.1) is 0 Å². The number of benzene rings is 2. The van der Waals surface area contributed by atoms with Gasteiger partial charge in [-0.25, -0.2) is 0 Å². The van der Waals surface area contributed by atoms with Crippen molar-refractivity contribution in [2.24, 2.45) is 0 Å². The monoisotopic (exact) mass is 498 g/mol. The highest BCUT2D eigenvalue weighted by Crippen LogP contribution is 2.22. The van der Waals surface area contributed by atoms with Crippen molar-refractivity contribution >= 4 is 22.6 Å². The van der Waals surface area contributed by atoms with Gasteiger partial charge < -0.3 is 9.80 Å². The number of fused-ring (bicyclic) bond motifs is 3. The van der Waals surface area contributed by atoms with Gasteiger partial charge in [-0.2, -0.15) is 0 Å². The molecule has 2 aliphatic heterocycles. The van der Waals surface area contributed by atoms with E-state index < -0.39 is 0 Å². The van der Waals surface area contributed by atoms with E-state index in [2.05, 4.69) is 15.1 Å². The van der Waals surface area contributed by atoms with E-state index in [0.29, 0.717) is 42.4 Å². The molecule has 2 fully saturated rings. The number of hydrogen-bond acceptors (Lipinski definition) is 5. The summed E-state index contributed by atoms with van der Waals surface area (Å²) < 4.78 is 3.64. The van der Waals surface area contributed by atoms with Crippen LogP contribution in [0.3, 0.4) is 0 Å². The van der Waals surface area contributed by atoms with Crippen LogP contribution in [0.5, 0.6) is 0 Å². The Morgan fingerprint density at radius 1 is 0.865 bits per heavy atom. The molecule has 0 radical (unpaired) electrons. The fourth-order valence-corrected chi connectivity index (χ4v) is 6.03. The summed E-state index contributed by atoms with van der Waals surface area (Å²) in [6.45, 7) is 4.50. The molecule has 0 N–H and O–H groups in total. The molecule has 8 heteroatoms. The molecule has 0 aliphatic carbocycles. The third kappa shape index (κ3) is 4.78. The molecule has 0 saturated carbocycles. The average molecular weight is 499 g/mol. The van der Waals surface area contributed by atoms with Gasteiger partial charge in [-0.1, -0.05) is 48.9 Å². The van der Waals surface area contributed by atoms with Crippen molar-refractivity contribution < 1.29 is 4.79 Å². The number of aryl methyl sites for hydroxylation is 1. The maximum absolute atomic E-state index is 13.4. The van der Waals surface area contributed by atoms with Crippen LogP contribution in [0.1, 0.15) is 49.9 Å². The molecule has 2 aliphatic rings. The molecule has 37 heavy (non-hydrogen) atoms. The van der Waals surface area contributed by atoms with Crippen LogP contribution in [0.2, 0.25) is 0 Å². The largest absolute Gasteiger partial charge is 0.343 e. The second kappa shape index (κ2) is 10.5. The molecule has 8 nitrogen and oxygen atoms in total. The van der Waals surface area contributed by atoms with Crippen molar-refractivity contribution in [3.63, 3.8) is 0 Å². The highest BCUT2D eigenvalue weighted by molar-refractivity contribution is 5.80. The van der Waals surface area contributed by atoms with Gasteiger partial charge in [0.1, 0.15) is 5.82 Å². The number of carbonyl (C=O) groups excluding carboxylic acids is 1. The van der Waals surface area contributed by atoms with Crippen LogP contribution in [0.15, 0.2) is 59.4 Å². The lowest BCUT2D eigenvalue weighted by Gasteiger charge is -2.40. The van der Waals surface area contributed by atoms with Gasteiger partial charge in [0.2, 0.25) is 11.7 Å². The van der Waals surface area contributed by atoms with E-state index in [9.17, 15) is 9.59 Å². The van der Waals surface area contributed by atoms with Gasteiger partial charge in [0.15, 0.2) is 0 Å². The van der Waals surface area contributed by atoms with Crippen molar-refractivity contribution in [1.82, 2.24) is 29.0 Å². The van der Waals surface area contributed by atoms with Crippen LogP contribution in [0.25, 0.3) is 16.7 Å². The number of likely N-dealkylation sites (tertiary alicyclic amines) is 2. The van der Waals surface area contributed by atoms with Gasteiger partial charge in [0.25, 0.3) is 5.56 Å². The van der Waals surface area contributed by atoms with Crippen LogP contribution in [0.4, 0.5) is 0 Å². The summed E-state index contributed by atoms with van der Waals surface area (Å²) >= 11 is 0. The molecular formula is C29H34N6O2. The summed E-state index contributed by atoms with van der Waals surface area (Å²) in [5.41, 5.74) is 1.72. The number of piperidine rings is 2. The zero-order valence-electron chi connectivity index (χ0n) is 21.3. The first kappa shape index (κ1) is 23.9. The second-order valence-corrected chi connectivity index (χ2v) is 10.4. The molecule has 4 aromatic rings. The molecule has 2 aromatic carbocycles. The van der Waals surface area contributed by atoms with Crippen molar-refractivity contribution in [2.75, 3.05) is 26.2 Å². The summed E-state index contributed by atoms with van der Waals surface area (Å²) in [5.74, 6) is 1.40. The van der Waals surface area contributed by atoms with Crippen LogP contribution in [-0.4, -0.2) is 67.1 Å². The predicted molar refractivity (Wildman–Crippen MR) is 144 cm³/mol. The molecule has 0 unspecified atom stereocenters.